The molecule has 0 radical (unpaired) electrons. The van der Waals surface area contributed by atoms with Crippen LogP contribution in [0, 0.1) is 11.6 Å². The van der Waals surface area contributed by atoms with Gasteiger partial charge in [-0.05, 0) is 47.5 Å². The zero-order valence-electron chi connectivity index (χ0n) is 16.5. The van der Waals surface area contributed by atoms with Crippen LogP contribution in [0.25, 0.3) is 0 Å². The fourth-order valence-corrected chi connectivity index (χ4v) is 3.07. The summed E-state index contributed by atoms with van der Waals surface area (Å²) in [6.45, 7) is 0.299. The number of halogens is 2. The molecular weight excluding hydrogens is 400 g/mol. The lowest BCUT2D eigenvalue weighted by atomic mass is 10.2. The van der Waals surface area contributed by atoms with E-state index in [9.17, 15) is 13.6 Å². The Bertz CT molecular complexity index is 1190. The maximum Gasteiger partial charge on any atom is 0.262 e. The lowest BCUT2D eigenvalue weighted by Gasteiger charge is -2.07. The molecule has 0 saturated carbocycles. The van der Waals surface area contributed by atoms with Crippen molar-refractivity contribution in [2.75, 3.05) is 5.32 Å². The minimum Gasteiger partial charge on any atom is -0.471 e. The van der Waals surface area contributed by atoms with E-state index >= 15 is 0 Å². The lowest BCUT2D eigenvalue weighted by Crippen LogP contribution is -2.12. The van der Waals surface area contributed by atoms with Crippen molar-refractivity contribution in [1.82, 2.24) is 9.78 Å². The van der Waals surface area contributed by atoms with E-state index in [0.29, 0.717) is 16.8 Å². The monoisotopic (exact) mass is 419 g/mol. The van der Waals surface area contributed by atoms with Crippen LogP contribution in [0.1, 0.15) is 21.5 Å². The predicted molar refractivity (Wildman–Crippen MR) is 113 cm³/mol. The van der Waals surface area contributed by atoms with Crippen LogP contribution in [0.15, 0.2) is 85.1 Å². The summed E-state index contributed by atoms with van der Waals surface area (Å²) >= 11 is 0. The van der Waals surface area contributed by atoms with Gasteiger partial charge in [0.2, 0.25) is 5.88 Å². The van der Waals surface area contributed by atoms with Gasteiger partial charge in [0.1, 0.15) is 23.8 Å². The first-order valence-corrected chi connectivity index (χ1v) is 9.62. The molecule has 0 atom stereocenters. The maximum atomic E-state index is 13.5. The van der Waals surface area contributed by atoms with Gasteiger partial charge in [-0.25, -0.2) is 8.78 Å². The number of hydrogen-bond acceptors (Lipinski definition) is 3. The van der Waals surface area contributed by atoms with E-state index in [0.717, 1.165) is 0 Å². The Morgan fingerprint density at radius 3 is 2.29 bits per heavy atom. The first-order valence-electron chi connectivity index (χ1n) is 9.62. The van der Waals surface area contributed by atoms with Crippen molar-refractivity contribution in [2.24, 2.45) is 0 Å². The molecular formula is C24H19F2N3O2. The Labute approximate surface area is 177 Å². The number of amides is 1. The van der Waals surface area contributed by atoms with Crippen molar-refractivity contribution in [1.29, 1.82) is 0 Å². The predicted octanol–water partition coefficient (Wildman–Crippen LogP) is 5.04. The number of hydrogen-bond donors (Lipinski definition) is 1. The van der Waals surface area contributed by atoms with Crippen molar-refractivity contribution in [3.8, 4) is 5.88 Å². The van der Waals surface area contributed by atoms with Crippen LogP contribution in [-0.4, -0.2) is 15.7 Å². The molecule has 4 rings (SSSR count). The zero-order valence-corrected chi connectivity index (χ0v) is 16.5. The van der Waals surface area contributed by atoms with Gasteiger partial charge >= 0.3 is 0 Å². The summed E-state index contributed by atoms with van der Waals surface area (Å²) in [4.78, 5) is 12.9. The molecule has 0 aliphatic carbocycles. The Morgan fingerprint density at radius 2 is 1.58 bits per heavy atom. The summed E-state index contributed by atoms with van der Waals surface area (Å²) in [5.41, 5.74) is 2.14. The number of nitrogens with one attached hydrogen (secondary N) is 1. The second-order valence-corrected chi connectivity index (χ2v) is 6.91. The molecule has 7 heteroatoms. The van der Waals surface area contributed by atoms with Gasteiger partial charge in [0.15, 0.2) is 0 Å². The maximum absolute atomic E-state index is 13.5. The van der Waals surface area contributed by atoms with Gasteiger partial charge in [-0.2, -0.15) is 0 Å². The van der Waals surface area contributed by atoms with Gasteiger partial charge in [-0.15, -0.1) is 5.10 Å². The van der Waals surface area contributed by atoms with E-state index < -0.39 is 5.91 Å². The fraction of sp³-hybridized carbons (Fsp3) is 0.0833. The van der Waals surface area contributed by atoms with E-state index in [-0.39, 0.29) is 36.2 Å². The Balaban J connectivity index is 1.58. The van der Waals surface area contributed by atoms with Crippen LogP contribution in [0.5, 0.6) is 5.88 Å². The van der Waals surface area contributed by atoms with Gasteiger partial charge < -0.3 is 10.1 Å². The highest BCUT2D eigenvalue weighted by atomic mass is 19.1. The van der Waals surface area contributed by atoms with E-state index in [1.54, 1.807) is 42.6 Å². The average molecular weight is 419 g/mol. The van der Waals surface area contributed by atoms with Crippen LogP contribution in [0.3, 0.4) is 0 Å². The van der Waals surface area contributed by atoms with E-state index in [1.807, 2.05) is 18.2 Å². The van der Waals surface area contributed by atoms with Crippen LogP contribution >= 0.6 is 0 Å². The molecule has 0 fully saturated rings. The minimum absolute atomic E-state index is 0.0420. The molecule has 0 saturated heterocycles. The van der Waals surface area contributed by atoms with Gasteiger partial charge in [-0.3, -0.25) is 9.48 Å². The second-order valence-electron chi connectivity index (χ2n) is 6.91. The summed E-state index contributed by atoms with van der Waals surface area (Å²) in [5, 5.41) is 7.15. The van der Waals surface area contributed by atoms with Crippen molar-refractivity contribution in [3.63, 3.8) is 0 Å². The highest BCUT2D eigenvalue weighted by molar-refractivity contribution is 6.05. The number of benzene rings is 3. The van der Waals surface area contributed by atoms with Gasteiger partial charge in [-0.1, -0.05) is 42.5 Å². The first-order chi connectivity index (χ1) is 15.1. The number of para-hydroxylation sites is 1. The molecule has 31 heavy (non-hydrogen) atoms. The standard InChI is InChI=1S/C24H19F2N3O2/c25-19-8-4-6-17(12-19)14-29-15-22(23(30)27-21-10-2-1-3-11-21)24(28-29)31-16-18-7-5-9-20(26)13-18/h1-13,15H,14,16H2,(H,27,30). The Kier molecular flexibility index (Phi) is 6.03. The Hall–Kier alpha value is -4.00. The van der Waals surface area contributed by atoms with Crippen LogP contribution < -0.4 is 10.1 Å². The zero-order chi connectivity index (χ0) is 21.6. The van der Waals surface area contributed by atoms with Crippen LogP contribution in [-0.2, 0) is 13.2 Å². The molecule has 0 spiro atoms. The molecule has 1 N–H and O–H groups in total. The summed E-state index contributed by atoms with van der Waals surface area (Å²) in [6, 6.07) is 21.1. The topological polar surface area (TPSA) is 56.2 Å². The van der Waals surface area contributed by atoms with E-state index in [1.165, 1.54) is 28.9 Å². The number of carbonyl (C=O) groups is 1. The molecule has 5 nitrogen and oxygen atoms in total. The molecule has 3 aromatic carbocycles. The third-order valence-corrected chi connectivity index (χ3v) is 4.50. The number of anilines is 1. The number of ether oxygens (including phenoxy) is 1. The quantitative estimate of drug-likeness (QED) is 0.457. The van der Waals surface area contributed by atoms with E-state index in [4.69, 9.17) is 4.74 Å². The number of nitrogens with zero attached hydrogens (tertiary/aromatic N) is 2. The molecule has 1 amide bonds. The smallest absolute Gasteiger partial charge is 0.262 e. The van der Waals surface area contributed by atoms with E-state index in [2.05, 4.69) is 10.4 Å². The highest BCUT2D eigenvalue weighted by Crippen LogP contribution is 2.21. The SMILES string of the molecule is O=C(Nc1ccccc1)c1cn(Cc2cccc(F)c2)nc1OCc1cccc(F)c1. The number of aromatic nitrogens is 2. The van der Waals surface area contributed by atoms with Crippen molar-refractivity contribution >= 4 is 11.6 Å². The van der Waals surface area contributed by atoms with Crippen molar-refractivity contribution < 1.29 is 18.3 Å². The molecule has 1 heterocycles. The number of rotatable bonds is 7. The first kappa shape index (κ1) is 20.3. The lowest BCUT2D eigenvalue weighted by molar-refractivity contribution is 0.102. The molecule has 156 valence electrons. The molecule has 4 aromatic rings. The van der Waals surface area contributed by atoms with Gasteiger partial charge in [0, 0.05) is 11.9 Å². The summed E-state index contributed by atoms with van der Waals surface area (Å²) in [6.07, 6.45) is 1.55. The van der Waals surface area contributed by atoms with Crippen molar-refractivity contribution in [2.45, 2.75) is 13.2 Å². The summed E-state index contributed by atoms with van der Waals surface area (Å²) in [7, 11) is 0. The fourth-order valence-electron chi connectivity index (χ4n) is 3.07. The third-order valence-electron chi connectivity index (χ3n) is 4.50. The average Bonchev–Trinajstić information content (AvgIpc) is 3.16. The number of carbonyl (C=O) groups excluding carboxylic acids is 1. The molecule has 1 aromatic heterocycles. The molecule has 0 bridgehead atoms. The summed E-state index contributed by atoms with van der Waals surface area (Å²) < 4.78 is 34.2. The van der Waals surface area contributed by atoms with Crippen LogP contribution in [0.4, 0.5) is 14.5 Å². The normalized spacial score (nSPS) is 10.6. The highest BCUT2D eigenvalue weighted by Gasteiger charge is 2.19. The molecule has 0 aliphatic rings. The van der Waals surface area contributed by atoms with Gasteiger partial charge in [0.25, 0.3) is 5.91 Å². The second kappa shape index (κ2) is 9.21. The Morgan fingerprint density at radius 1 is 0.903 bits per heavy atom. The molecule has 0 unspecified atom stereocenters. The third kappa shape index (κ3) is 5.33. The summed E-state index contributed by atoms with van der Waals surface area (Å²) in [5.74, 6) is -1.02. The molecule has 0 aliphatic heterocycles. The van der Waals surface area contributed by atoms with Gasteiger partial charge in [0.05, 0.1) is 6.54 Å². The van der Waals surface area contributed by atoms with Crippen molar-refractivity contribution in [3.05, 3.63) is 113 Å². The van der Waals surface area contributed by atoms with Crippen LogP contribution in [0.2, 0.25) is 0 Å². The minimum atomic E-state index is -0.397. The largest absolute Gasteiger partial charge is 0.471 e.